The summed E-state index contributed by atoms with van der Waals surface area (Å²) < 4.78 is 11.7. The van der Waals surface area contributed by atoms with Gasteiger partial charge in [-0.15, -0.1) is 5.10 Å². The maximum atomic E-state index is 5.02. The number of nitrogens with zero attached hydrogens (tertiary/aromatic N) is 5. The fourth-order valence-corrected chi connectivity index (χ4v) is 2.17. The van der Waals surface area contributed by atoms with Crippen molar-refractivity contribution in [2.75, 3.05) is 26.8 Å². The smallest absolute Gasteiger partial charge is 0.209 e. The van der Waals surface area contributed by atoms with Crippen molar-refractivity contribution in [1.82, 2.24) is 30.7 Å². The molecule has 0 saturated heterocycles. The summed E-state index contributed by atoms with van der Waals surface area (Å²) in [6.45, 7) is 3.03. The molecule has 0 aliphatic rings. The normalized spacial score (nSPS) is 11.0. The highest BCUT2D eigenvalue weighted by atomic mass is 32.2. The van der Waals surface area contributed by atoms with E-state index in [1.165, 1.54) is 11.8 Å². The van der Waals surface area contributed by atoms with Gasteiger partial charge in [0.25, 0.3) is 0 Å². The van der Waals surface area contributed by atoms with Crippen molar-refractivity contribution in [2.45, 2.75) is 17.5 Å². The van der Waals surface area contributed by atoms with Crippen LogP contribution in [-0.4, -0.2) is 52.2 Å². The van der Waals surface area contributed by atoms with Gasteiger partial charge < -0.3 is 14.6 Å². The summed E-state index contributed by atoms with van der Waals surface area (Å²) in [5.74, 6) is 1.47. The molecular weight excluding hydrogens is 268 g/mol. The second kappa shape index (κ2) is 7.87. The summed E-state index contributed by atoms with van der Waals surface area (Å²) in [4.78, 5) is 0. The van der Waals surface area contributed by atoms with Crippen molar-refractivity contribution in [1.29, 1.82) is 0 Å². The molecule has 19 heavy (non-hydrogen) atoms. The average Bonchev–Trinajstić information content (AvgIpc) is 3.07. The number of rotatable bonds is 9. The third kappa shape index (κ3) is 4.62. The van der Waals surface area contributed by atoms with Crippen LogP contribution in [0.4, 0.5) is 0 Å². The Labute approximate surface area is 114 Å². The summed E-state index contributed by atoms with van der Waals surface area (Å²) in [6, 6.07) is 1.83. The first kappa shape index (κ1) is 14.0. The Balaban J connectivity index is 1.74. The predicted octanol–water partition coefficient (Wildman–Crippen LogP) is 0.189. The number of methoxy groups -OCH3 is 1. The zero-order valence-corrected chi connectivity index (χ0v) is 11.5. The first-order valence-electron chi connectivity index (χ1n) is 5.88. The van der Waals surface area contributed by atoms with Gasteiger partial charge in [0.1, 0.15) is 5.76 Å². The highest BCUT2D eigenvalue weighted by Crippen LogP contribution is 2.19. The third-order valence-electron chi connectivity index (χ3n) is 2.32. The van der Waals surface area contributed by atoms with Gasteiger partial charge in [-0.1, -0.05) is 16.9 Å². The zero-order chi connectivity index (χ0) is 13.3. The van der Waals surface area contributed by atoms with Gasteiger partial charge >= 0.3 is 0 Å². The molecule has 0 bridgehead atoms. The van der Waals surface area contributed by atoms with E-state index < -0.39 is 0 Å². The first-order chi connectivity index (χ1) is 9.40. The van der Waals surface area contributed by atoms with Gasteiger partial charge in [-0.2, -0.15) is 0 Å². The van der Waals surface area contributed by atoms with E-state index in [1.54, 1.807) is 18.0 Å². The molecule has 2 rings (SSSR count). The van der Waals surface area contributed by atoms with Gasteiger partial charge in [-0.25, -0.2) is 4.68 Å². The first-order valence-corrected chi connectivity index (χ1v) is 6.87. The Morgan fingerprint density at radius 1 is 1.47 bits per heavy atom. The van der Waals surface area contributed by atoms with Crippen molar-refractivity contribution in [3.8, 4) is 0 Å². The van der Waals surface area contributed by atoms with Crippen molar-refractivity contribution in [3.05, 3.63) is 18.0 Å². The highest BCUT2D eigenvalue weighted by Gasteiger charge is 2.08. The van der Waals surface area contributed by atoms with Crippen molar-refractivity contribution in [3.63, 3.8) is 0 Å². The molecule has 0 aliphatic heterocycles. The molecule has 0 spiro atoms. The van der Waals surface area contributed by atoms with Crippen LogP contribution in [-0.2, 0) is 17.0 Å². The monoisotopic (exact) mass is 284 g/mol. The van der Waals surface area contributed by atoms with Crippen LogP contribution >= 0.6 is 11.8 Å². The molecule has 9 heteroatoms. The van der Waals surface area contributed by atoms with E-state index in [-0.39, 0.29) is 0 Å². The number of tetrazole rings is 1. The zero-order valence-electron chi connectivity index (χ0n) is 10.7. The number of thioether (sulfide) groups is 1. The molecule has 0 aromatic carbocycles. The standard InChI is InChI=1S/C10H16N6O2S/c1-17-7-5-11-4-6-16-10(13-14-15-16)19-8-9-2-3-12-18-9/h2-3,11H,4-8H2,1H3. The van der Waals surface area contributed by atoms with E-state index in [0.717, 1.165) is 30.6 Å². The topological polar surface area (TPSA) is 90.9 Å². The fraction of sp³-hybridized carbons (Fsp3) is 0.600. The Bertz CT molecular complexity index is 460. The van der Waals surface area contributed by atoms with Crippen molar-refractivity contribution >= 4 is 11.8 Å². The quantitative estimate of drug-likeness (QED) is 0.515. The molecule has 0 aliphatic carbocycles. The molecule has 2 aromatic heterocycles. The minimum absolute atomic E-state index is 0.664. The van der Waals surface area contributed by atoms with Crippen molar-refractivity contribution < 1.29 is 9.26 Å². The van der Waals surface area contributed by atoms with Crippen LogP contribution in [0.25, 0.3) is 0 Å². The molecule has 0 radical (unpaired) electrons. The molecular formula is C10H16N6O2S. The summed E-state index contributed by atoms with van der Waals surface area (Å²) in [5.41, 5.74) is 0. The van der Waals surface area contributed by atoms with Crippen LogP contribution in [0.1, 0.15) is 5.76 Å². The molecule has 1 N–H and O–H groups in total. The maximum absolute atomic E-state index is 5.02. The SMILES string of the molecule is COCCNCCn1nnnc1SCc1ccno1. The lowest BCUT2D eigenvalue weighted by Gasteiger charge is -2.05. The molecule has 0 saturated carbocycles. The lowest BCUT2D eigenvalue weighted by Crippen LogP contribution is -2.24. The number of hydrogen-bond donors (Lipinski definition) is 1. The van der Waals surface area contributed by atoms with Gasteiger partial charge in [-0.05, 0) is 10.4 Å². The van der Waals surface area contributed by atoms with E-state index in [0.29, 0.717) is 12.4 Å². The second-order valence-electron chi connectivity index (χ2n) is 3.69. The van der Waals surface area contributed by atoms with Crippen LogP contribution in [0.15, 0.2) is 21.9 Å². The van der Waals surface area contributed by atoms with Crippen LogP contribution in [0.5, 0.6) is 0 Å². The van der Waals surface area contributed by atoms with Gasteiger partial charge in [-0.3, -0.25) is 0 Å². The third-order valence-corrected chi connectivity index (χ3v) is 3.30. The number of nitrogens with one attached hydrogen (secondary N) is 1. The maximum Gasteiger partial charge on any atom is 0.209 e. The fourth-order valence-electron chi connectivity index (χ4n) is 1.38. The van der Waals surface area contributed by atoms with Crippen LogP contribution in [0.3, 0.4) is 0 Å². The molecule has 104 valence electrons. The van der Waals surface area contributed by atoms with Gasteiger partial charge in [0, 0.05) is 26.3 Å². The molecule has 2 heterocycles. The van der Waals surface area contributed by atoms with E-state index in [9.17, 15) is 0 Å². The summed E-state index contributed by atoms with van der Waals surface area (Å²) in [5, 5.41) is 19.3. The molecule has 0 fully saturated rings. The summed E-state index contributed by atoms with van der Waals surface area (Å²) >= 11 is 1.52. The Morgan fingerprint density at radius 3 is 3.21 bits per heavy atom. The summed E-state index contributed by atoms with van der Waals surface area (Å²) in [6.07, 6.45) is 1.62. The highest BCUT2D eigenvalue weighted by molar-refractivity contribution is 7.98. The van der Waals surface area contributed by atoms with Gasteiger partial charge in [0.05, 0.1) is 25.1 Å². The Kier molecular flexibility index (Phi) is 5.79. The number of aromatic nitrogens is 5. The van der Waals surface area contributed by atoms with E-state index in [1.807, 2.05) is 6.07 Å². The molecule has 0 amide bonds. The second-order valence-corrected chi connectivity index (χ2v) is 4.64. The molecule has 0 atom stereocenters. The minimum Gasteiger partial charge on any atom is -0.383 e. The van der Waals surface area contributed by atoms with Crippen molar-refractivity contribution in [2.24, 2.45) is 0 Å². The van der Waals surface area contributed by atoms with E-state index in [4.69, 9.17) is 9.26 Å². The van der Waals surface area contributed by atoms with Crippen LogP contribution in [0, 0.1) is 0 Å². The van der Waals surface area contributed by atoms with Crippen LogP contribution in [0.2, 0.25) is 0 Å². The van der Waals surface area contributed by atoms with Gasteiger partial charge in [0.2, 0.25) is 5.16 Å². The largest absolute Gasteiger partial charge is 0.383 e. The lowest BCUT2D eigenvalue weighted by molar-refractivity contribution is 0.199. The Hall–Kier alpha value is -1.45. The molecule has 2 aromatic rings. The summed E-state index contributed by atoms with van der Waals surface area (Å²) in [7, 11) is 1.68. The average molecular weight is 284 g/mol. The minimum atomic E-state index is 0.664. The molecule has 8 nitrogen and oxygen atoms in total. The Morgan fingerprint density at radius 2 is 2.42 bits per heavy atom. The van der Waals surface area contributed by atoms with E-state index in [2.05, 4.69) is 26.0 Å². The van der Waals surface area contributed by atoms with Crippen LogP contribution < -0.4 is 5.32 Å². The van der Waals surface area contributed by atoms with E-state index >= 15 is 0 Å². The lowest BCUT2D eigenvalue weighted by atomic mass is 10.5. The number of ether oxygens (including phenoxy) is 1. The molecule has 0 unspecified atom stereocenters. The number of hydrogen-bond acceptors (Lipinski definition) is 8. The van der Waals surface area contributed by atoms with Gasteiger partial charge in [0.15, 0.2) is 0 Å². The predicted molar refractivity (Wildman–Crippen MR) is 68.6 cm³/mol.